The molecule has 96 valence electrons. The van der Waals surface area contributed by atoms with Crippen LogP contribution in [0.25, 0.3) is 0 Å². The van der Waals surface area contributed by atoms with E-state index in [9.17, 15) is 9.90 Å². The lowest BCUT2D eigenvalue weighted by molar-refractivity contribution is -0.125. The van der Waals surface area contributed by atoms with Crippen molar-refractivity contribution in [1.82, 2.24) is 0 Å². The van der Waals surface area contributed by atoms with Gasteiger partial charge in [-0.15, -0.1) is 0 Å². The Labute approximate surface area is 104 Å². The molecular formula is C15H24O2. The van der Waals surface area contributed by atoms with E-state index >= 15 is 0 Å². The molecule has 2 atom stereocenters. The molecule has 2 aliphatic carbocycles. The monoisotopic (exact) mass is 236 g/mol. The third-order valence-electron chi connectivity index (χ3n) is 5.29. The first-order valence-electron chi connectivity index (χ1n) is 6.52. The van der Waals surface area contributed by atoms with E-state index in [1.165, 1.54) is 0 Å². The van der Waals surface area contributed by atoms with Crippen molar-refractivity contribution < 1.29 is 9.90 Å². The smallest absolute Gasteiger partial charge is 0.168 e. The van der Waals surface area contributed by atoms with E-state index in [0.717, 1.165) is 18.4 Å². The number of carbonyl (C=O) groups excluding carboxylic acids is 1. The third kappa shape index (κ3) is 1.36. The molecule has 1 N–H and O–H groups in total. The number of rotatable bonds is 0. The van der Waals surface area contributed by atoms with Crippen LogP contribution in [0.1, 0.15) is 54.4 Å². The summed E-state index contributed by atoms with van der Waals surface area (Å²) in [6.07, 6.45) is 2.00. The molecule has 2 unspecified atom stereocenters. The van der Waals surface area contributed by atoms with Gasteiger partial charge in [-0.25, -0.2) is 0 Å². The molecule has 2 nitrogen and oxygen atoms in total. The van der Waals surface area contributed by atoms with Crippen molar-refractivity contribution in [2.24, 2.45) is 22.2 Å². The standard InChI is InChI=1S/C15H24O2/c1-13(2,3)11(16)10-9-7-8-15(6,12(10)17)14(9,4)5/h9,16H,7-8H2,1-6H3/b11-10-. The Morgan fingerprint density at radius 2 is 1.82 bits per heavy atom. The topological polar surface area (TPSA) is 37.3 Å². The van der Waals surface area contributed by atoms with Crippen LogP contribution in [0.4, 0.5) is 0 Å². The number of aliphatic hydroxyl groups excluding tert-OH is 1. The SMILES string of the molecule is CC(C)(C)/C(O)=C1/C(=O)C2(C)CCC1C2(C)C. The fourth-order valence-electron chi connectivity index (χ4n) is 3.54. The zero-order chi connectivity index (χ0) is 13.2. The van der Waals surface area contributed by atoms with E-state index in [1.807, 2.05) is 20.8 Å². The lowest BCUT2D eigenvalue weighted by Crippen LogP contribution is -2.32. The van der Waals surface area contributed by atoms with Gasteiger partial charge < -0.3 is 5.11 Å². The van der Waals surface area contributed by atoms with Crippen molar-refractivity contribution in [2.75, 3.05) is 0 Å². The maximum absolute atomic E-state index is 12.6. The lowest BCUT2D eigenvalue weighted by Gasteiger charge is -2.31. The second kappa shape index (κ2) is 3.15. The van der Waals surface area contributed by atoms with E-state index < -0.39 is 0 Å². The van der Waals surface area contributed by atoms with Gasteiger partial charge in [-0.1, -0.05) is 41.5 Å². The molecule has 0 radical (unpaired) electrons. The second-order valence-corrected chi connectivity index (χ2v) is 7.49. The Balaban J connectivity index is 2.60. The van der Waals surface area contributed by atoms with E-state index in [0.29, 0.717) is 5.76 Å². The highest BCUT2D eigenvalue weighted by Gasteiger charge is 2.65. The van der Waals surface area contributed by atoms with Crippen molar-refractivity contribution in [3.05, 3.63) is 11.3 Å². The van der Waals surface area contributed by atoms with E-state index in [2.05, 4.69) is 20.8 Å². The summed E-state index contributed by atoms with van der Waals surface area (Å²) in [5.74, 6) is 0.731. The summed E-state index contributed by atoms with van der Waals surface area (Å²) in [5, 5.41) is 10.4. The van der Waals surface area contributed by atoms with Crippen LogP contribution in [0.3, 0.4) is 0 Å². The molecule has 2 rings (SSSR count). The van der Waals surface area contributed by atoms with Crippen molar-refractivity contribution in [3.63, 3.8) is 0 Å². The van der Waals surface area contributed by atoms with Crippen molar-refractivity contribution >= 4 is 5.78 Å². The number of hydrogen-bond donors (Lipinski definition) is 1. The predicted molar refractivity (Wildman–Crippen MR) is 68.7 cm³/mol. The molecule has 2 bridgehead atoms. The molecule has 0 aromatic carbocycles. The van der Waals surface area contributed by atoms with Gasteiger partial charge in [-0.05, 0) is 24.2 Å². The lowest BCUT2D eigenvalue weighted by atomic mass is 9.70. The number of carbonyl (C=O) groups is 1. The molecule has 0 heterocycles. The van der Waals surface area contributed by atoms with Crippen LogP contribution in [0, 0.1) is 22.2 Å². The number of fused-ring (bicyclic) bond motifs is 2. The largest absolute Gasteiger partial charge is 0.511 e. The van der Waals surface area contributed by atoms with Gasteiger partial charge in [-0.2, -0.15) is 0 Å². The number of allylic oxidation sites excluding steroid dienone is 2. The molecule has 17 heavy (non-hydrogen) atoms. The van der Waals surface area contributed by atoms with Gasteiger partial charge in [0, 0.05) is 16.4 Å². The van der Waals surface area contributed by atoms with Gasteiger partial charge in [0.2, 0.25) is 0 Å². The fourth-order valence-corrected chi connectivity index (χ4v) is 3.54. The van der Waals surface area contributed by atoms with Crippen LogP contribution in [0.5, 0.6) is 0 Å². The average molecular weight is 236 g/mol. The van der Waals surface area contributed by atoms with Crippen LogP contribution in [-0.4, -0.2) is 10.9 Å². The van der Waals surface area contributed by atoms with Crippen LogP contribution in [0.2, 0.25) is 0 Å². The van der Waals surface area contributed by atoms with E-state index in [-0.39, 0.29) is 27.9 Å². The summed E-state index contributed by atoms with van der Waals surface area (Å²) in [4.78, 5) is 12.6. The molecule has 2 aliphatic rings. The maximum Gasteiger partial charge on any atom is 0.168 e. The highest BCUT2D eigenvalue weighted by Crippen LogP contribution is 2.66. The first-order chi connectivity index (χ1) is 7.53. The van der Waals surface area contributed by atoms with Gasteiger partial charge >= 0.3 is 0 Å². The predicted octanol–water partition coefficient (Wildman–Crippen LogP) is 3.87. The van der Waals surface area contributed by atoms with Gasteiger partial charge in [0.15, 0.2) is 5.78 Å². The van der Waals surface area contributed by atoms with Gasteiger partial charge in [-0.3, -0.25) is 4.79 Å². The summed E-state index contributed by atoms with van der Waals surface area (Å²) in [7, 11) is 0. The van der Waals surface area contributed by atoms with Crippen LogP contribution in [-0.2, 0) is 4.79 Å². The first kappa shape index (κ1) is 12.7. The van der Waals surface area contributed by atoms with Gasteiger partial charge in [0.05, 0.1) is 0 Å². The Morgan fingerprint density at radius 1 is 1.29 bits per heavy atom. The fraction of sp³-hybridized carbons (Fsp3) is 0.800. The molecule has 0 aromatic heterocycles. The molecule has 2 heteroatoms. The summed E-state index contributed by atoms with van der Waals surface area (Å²) >= 11 is 0. The normalized spacial score (nSPS) is 38.7. The van der Waals surface area contributed by atoms with Crippen molar-refractivity contribution in [1.29, 1.82) is 0 Å². The molecular weight excluding hydrogens is 212 g/mol. The first-order valence-corrected chi connectivity index (χ1v) is 6.52. The van der Waals surface area contributed by atoms with E-state index in [4.69, 9.17) is 0 Å². The summed E-state index contributed by atoms with van der Waals surface area (Å²) in [6, 6.07) is 0. The minimum absolute atomic E-state index is 0.0152. The van der Waals surface area contributed by atoms with Crippen molar-refractivity contribution in [2.45, 2.75) is 54.4 Å². The molecule has 0 spiro atoms. The Bertz CT molecular complexity index is 409. The zero-order valence-corrected chi connectivity index (χ0v) is 11.8. The third-order valence-corrected chi connectivity index (χ3v) is 5.29. The number of hydrogen-bond acceptors (Lipinski definition) is 2. The quantitative estimate of drug-likeness (QED) is 0.512. The Hall–Kier alpha value is -0.790. The molecule has 2 fully saturated rings. The number of Topliss-reactive ketones (excluding diaryl/α,β-unsaturated/α-hetero) is 1. The second-order valence-electron chi connectivity index (χ2n) is 7.49. The van der Waals surface area contributed by atoms with Crippen LogP contribution < -0.4 is 0 Å². The summed E-state index contributed by atoms with van der Waals surface area (Å²) < 4.78 is 0. The Morgan fingerprint density at radius 3 is 2.18 bits per heavy atom. The Kier molecular flexibility index (Phi) is 2.35. The van der Waals surface area contributed by atoms with Crippen LogP contribution >= 0.6 is 0 Å². The minimum Gasteiger partial charge on any atom is -0.511 e. The highest BCUT2D eigenvalue weighted by atomic mass is 16.3. The number of ketones is 1. The zero-order valence-electron chi connectivity index (χ0n) is 11.8. The summed E-state index contributed by atoms with van der Waals surface area (Å²) in [5.41, 5.74) is 0.100. The highest BCUT2D eigenvalue weighted by molar-refractivity contribution is 6.05. The van der Waals surface area contributed by atoms with Crippen molar-refractivity contribution in [3.8, 4) is 0 Å². The minimum atomic E-state index is -0.331. The number of aliphatic hydroxyl groups is 1. The summed E-state index contributed by atoms with van der Waals surface area (Å²) in [6.45, 7) is 12.3. The maximum atomic E-state index is 12.6. The average Bonchev–Trinajstić information content (AvgIpc) is 2.47. The molecule has 0 amide bonds. The molecule has 0 saturated heterocycles. The van der Waals surface area contributed by atoms with E-state index in [1.54, 1.807) is 0 Å². The van der Waals surface area contributed by atoms with Gasteiger partial charge in [0.25, 0.3) is 0 Å². The molecule has 0 aliphatic heterocycles. The molecule has 2 saturated carbocycles. The molecule has 0 aromatic rings. The van der Waals surface area contributed by atoms with Gasteiger partial charge in [0.1, 0.15) is 5.76 Å². The van der Waals surface area contributed by atoms with Crippen LogP contribution in [0.15, 0.2) is 11.3 Å².